The number of furan rings is 1. The number of halogens is 2. The number of carbonyl (C=O) groups excluding carboxylic acids is 2. The Morgan fingerprint density at radius 3 is 2.71 bits per heavy atom. The van der Waals surface area contributed by atoms with E-state index in [9.17, 15) is 9.59 Å². The van der Waals surface area contributed by atoms with Crippen molar-refractivity contribution in [3.8, 4) is 11.3 Å². The van der Waals surface area contributed by atoms with Gasteiger partial charge in [0.05, 0.1) is 22.0 Å². The highest BCUT2D eigenvalue weighted by molar-refractivity contribution is 8.27. The highest BCUT2D eigenvalue weighted by atomic mass is 35.5. The number of amides is 2. The largest absolute Gasteiger partial charge is 0.457 e. The predicted molar refractivity (Wildman–Crippen MR) is 134 cm³/mol. The average Bonchev–Trinajstić information content (AvgIpc) is 3.46. The van der Waals surface area contributed by atoms with Crippen molar-refractivity contribution < 1.29 is 14.0 Å². The highest BCUT2D eigenvalue weighted by Gasteiger charge is 2.36. The van der Waals surface area contributed by atoms with E-state index in [2.05, 4.69) is 10.1 Å². The summed E-state index contributed by atoms with van der Waals surface area (Å²) < 4.78 is 5.83. The van der Waals surface area contributed by atoms with Crippen LogP contribution in [-0.2, 0) is 9.59 Å². The van der Waals surface area contributed by atoms with Crippen molar-refractivity contribution in [2.24, 2.45) is 10.1 Å². The molecular formula is C23H19Cl2N5O3S. The van der Waals surface area contributed by atoms with E-state index >= 15 is 0 Å². The second kappa shape index (κ2) is 9.40. The molecule has 1 N–H and O–H groups in total. The number of nitrogens with one attached hydrogen (secondary N) is 1. The van der Waals surface area contributed by atoms with Gasteiger partial charge in [0.15, 0.2) is 5.84 Å². The number of likely N-dealkylation sites (tertiary alicyclic amines) is 1. The van der Waals surface area contributed by atoms with Crippen LogP contribution in [-0.4, -0.2) is 50.9 Å². The van der Waals surface area contributed by atoms with Crippen LogP contribution >= 0.6 is 35.0 Å². The fraction of sp³-hybridized carbons (Fsp3) is 0.261. The van der Waals surface area contributed by atoms with Crippen molar-refractivity contribution in [2.45, 2.75) is 25.7 Å². The molecule has 0 aliphatic carbocycles. The van der Waals surface area contributed by atoms with E-state index in [0.717, 1.165) is 49.7 Å². The van der Waals surface area contributed by atoms with E-state index in [-0.39, 0.29) is 28.9 Å². The molecule has 4 heterocycles. The van der Waals surface area contributed by atoms with Crippen molar-refractivity contribution in [1.29, 1.82) is 5.41 Å². The summed E-state index contributed by atoms with van der Waals surface area (Å²) in [4.78, 5) is 31.1. The van der Waals surface area contributed by atoms with Gasteiger partial charge in [-0.25, -0.2) is 0 Å². The average molecular weight is 516 g/mol. The molecule has 0 atom stereocenters. The summed E-state index contributed by atoms with van der Waals surface area (Å²) in [5, 5.41) is 15.8. The van der Waals surface area contributed by atoms with Crippen LogP contribution in [0.5, 0.6) is 0 Å². The number of fused-ring (bicyclic) bond motifs is 1. The van der Waals surface area contributed by atoms with Crippen LogP contribution in [0, 0.1) is 5.41 Å². The Labute approximate surface area is 209 Å². The van der Waals surface area contributed by atoms with E-state index in [1.165, 1.54) is 11.1 Å². The molecular weight excluding hydrogens is 497 g/mol. The molecule has 1 aromatic carbocycles. The molecule has 174 valence electrons. The molecule has 0 bridgehead atoms. The monoisotopic (exact) mass is 515 g/mol. The molecule has 11 heteroatoms. The molecule has 3 aliphatic heterocycles. The molecule has 2 amide bonds. The van der Waals surface area contributed by atoms with Gasteiger partial charge in [0.2, 0.25) is 11.1 Å². The zero-order valence-corrected chi connectivity index (χ0v) is 20.2. The Hall–Kier alpha value is -2.88. The number of piperidine rings is 1. The lowest BCUT2D eigenvalue weighted by molar-refractivity contribution is -0.130. The van der Waals surface area contributed by atoms with Gasteiger partial charge in [0.1, 0.15) is 16.6 Å². The first kappa shape index (κ1) is 22.9. The molecule has 1 fully saturated rings. The lowest BCUT2D eigenvalue weighted by Gasteiger charge is -2.26. The van der Waals surface area contributed by atoms with Crippen molar-refractivity contribution in [1.82, 2.24) is 9.91 Å². The Morgan fingerprint density at radius 1 is 1.15 bits per heavy atom. The van der Waals surface area contributed by atoms with Gasteiger partial charge >= 0.3 is 0 Å². The molecule has 0 unspecified atom stereocenters. The Balaban J connectivity index is 1.33. The maximum absolute atomic E-state index is 12.7. The summed E-state index contributed by atoms with van der Waals surface area (Å²) in [6.07, 6.45) is 4.76. The van der Waals surface area contributed by atoms with Crippen molar-refractivity contribution in [3.05, 3.63) is 51.7 Å². The number of hydrogen-bond donors (Lipinski definition) is 1. The molecule has 5 rings (SSSR count). The second-order valence-corrected chi connectivity index (χ2v) is 9.82. The number of amidine groups is 2. The van der Waals surface area contributed by atoms with E-state index in [0.29, 0.717) is 26.6 Å². The number of aliphatic imine (C=N–C) groups is 1. The van der Waals surface area contributed by atoms with Crippen LogP contribution in [0.25, 0.3) is 17.4 Å². The van der Waals surface area contributed by atoms with Gasteiger partial charge in [-0.2, -0.15) is 15.1 Å². The number of hydrogen-bond acceptors (Lipinski definition) is 6. The molecule has 0 spiro atoms. The topological polar surface area (TPSA) is 102 Å². The molecule has 8 nitrogen and oxygen atoms in total. The maximum Gasteiger partial charge on any atom is 0.283 e. The molecule has 0 saturated carbocycles. The van der Waals surface area contributed by atoms with Crippen LogP contribution in [0.15, 0.2) is 50.4 Å². The molecule has 1 saturated heterocycles. The third-order valence-electron chi connectivity index (χ3n) is 5.63. The van der Waals surface area contributed by atoms with E-state index in [1.807, 2.05) is 4.90 Å². The van der Waals surface area contributed by atoms with Crippen LogP contribution < -0.4 is 0 Å². The Kier molecular flexibility index (Phi) is 6.33. The van der Waals surface area contributed by atoms with Gasteiger partial charge in [0.25, 0.3) is 5.91 Å². The van der Waals surface area contributed by atoms with Gasteiger partial charge in [-0.15, -0.1) is 0 Å². The van der Waals surface area contributed by atoms with Crippen LogP contribution in [0.2, 0.25) is 10.0 Å². The zero-order chi connectivity index (χ0) is 23.8. The first-order chi connectivity index (χ1) is 16.4. The van der Waals surface area contributed by atoms with Gasteiger partial charge in [0, 0.05) is 18.7 Å². The predicted octanol–water partition coefficient (Wildman–Crippen LogP) is 5.28. The van der Waals surface area contributed by atoms with Crippen LogP contribution in [0.3, 0.4) is 0 Å². The van der Waals surface area contributed by atoms with Crippen molar-refractivity contribution in [2.75, 3.05) is 13.1 Å². The number of hydrazone groups is 1. The van der Waals surface area contributed by atoms with E-state index < -0.39 is 5.91 Å². The molecule has 1 aromatic heterocycles. The summed E-state index contributed by atoms with van der Waals surface area (Å²) in [5.74, 6) is 0.248. The van der Waals surface area contributed by atoms with Crippen molar-refractivity contribution in [3.63, 3.8) is 0 Å². The maximum atomic E-state index is 12.7. The number of thioether (sulfide) groups is 1. The molecule has 2 aromatic rings. The number of benzene rings is 1. The number of rotatable bonds is 4. The Morgan fingerprint density at radius 2 is 1.94 bits per heavy atom. The first-order valence-corrected chi connectivity index (χ1v) is 12.3. The van der Waals surface area contributed by atoms with Gasteiger partial charge in [-0.05, 0) is 67.4 Å². The number of carbonyl (C=O) groups is 2. The normalized spacial score (nSPS) is 19.4. The summed E-state index contributed by atoms with van der Waals surface area (Å²) >= 11 is 13.2. The minimum absolute atomic E-state index is 0.00503. The summed E-state index contributed by atoms with van der Waals surface area (Å²) in [7, 11) is 0. The summed E-state index contributed by atoms with van der Waals surface area (Å²) in [6, 6.07) is 8.57. The van der Waals surface area contributed by atoms with E-state index in [4.69, 9.17) is 33.0 Å². The number of nitrogens with zero attached hydrogens (tertiary/aromatic N) is 4. The summed E-state index contributed by atoms with van der Waals surface area (Å²) in [6.45, 7) is 1.52. The fourth-order valence-corrected chi connectivity index (χ4v) is 5.04. The highest BCUT2D eigenvalue weighted by Crippen LogP contribution is 2.32. The van der Waals surface area contributed by atoms with E-state index in [1.54, 1.807) is 30.3 Å². The van der Waals surface area contributed by atoms with Crippen molar-refractivity contribution >= 4 is 68.9 Å². The standard InChI is InChI=1S/C23H19Cl2N5O3S/c24-16-6-4-13(10-17(16)25)18-7-5-14(33-18)11-15-21(26)30-23(27-22(15)32)34-19(28-30)12-20(31)29-8-2-1-3-9-29/h4-7,10-11,26H,1-3,8-9,12H2/b15-11+,26-21?. The third kappa shape index (κ3) is 4.55. The smallest absolute Gasteiger partial charge is 0.283 e. The molecule has 34 heavy (non-hydrogen) atoms. The first-order valence-electron chi connectivity index (χ1n) is 10.7. The SMILES string of the molecule is N=C1/C(=C\c2ccc(-c3ccc(Cl)c(Cl)c3)o2)C(=O)N=C2SC(CC(=O)N3CCCCC3)=NN12. The summed E-state index contributed by atoms with van der Waals surface area (Å²) in [5.41, 5.74) is 0.778. The van der Waals surface area contributed by atoms with Crippen LogP contribution in [0.1, 0.15) is 31.4 Å². The van der Waals surface area contributed by atoms with Gasteiger partial charge < -0.3 is 9.32 Å². The lowest BCUT2D eigenvalue weighted by atomic mass is 10.1. The third-order valence-corrected chi connectivity index (χ3v) is 7.27. The quantitative estimate of drug-likeness (QED) is 0.558. The zero-order valence-electron chi connectivity index (χ0n) is 17.9. The second-order valence-electron chi connectivity index (χ2n) is 7.96. The minimum Gasteiger partial charge on any atom is -0.457 e. The van der Waals surface area contributed by atoms with Gasteiger partial charge in [-0.1, -0.05) is 23.2 Å². The molecule has 0 radical (unpaired) electrons. The fourth-order valence-electron chi connectivity index (χ4n) is 3.86. The minimum atomic E-state index is -0.560. The Bertz CT molecular complexity index is 1290. The molecule has 3 aliphatic rings. The van der Waals surface area contributed by atoms with Gasteiger partial charge in [-0.3, -0.25) is 15.0 Å². The lowest BCUT2D eigenvalue weighted by Crippen LogP contribution is -2.36. The van der Waals surface area contributed by atoms with Crippen LogP contribution in [0.4, 0.5) is 0 Å².